The molecule has 0 fully saturated rings. The van der Waals surface area contributed by atoms with Crippen molar-refractivity contribution in [3.05, 3.63) is 11.3 Å². The number of hydrogen-bond donors (Lipinski definition) is 2. The fourth-order valence-corrected chi connectivity index (χ4v) is 0.958. The highest BCUT2D eigenvalue weighted by atomic mass is 16.5. The molecule has 66 valence electrons. The van der Waals surface area contributed by atoms with Gasteiger partial charge in [0.2, 0.25) is 5.88 Å². The predicted molar refractivity (Wildman–Crippen MR) is 41.2 cm³/mol. The molecule has 0 aliphatic heterocycles. The smallest absolute Gasteiger partial charge is 0.308 e. The fourth-order valence-electron chi connectivity index (χ4n) is 0.958. The van der Waals surface area contributed by atoms with Gasteiger partial charge in [-0.1, -0.05) is 0 Å². The summed E-state index contributed by atoms with van der Waals surface area (Å²) < 4.78 is 4.86. The quantitative estimate of drug-likeness (QED) is 0.686. The Bertz CT molecular complexity index is 293. The van der Waals surface area contributed by atoms with Crippen LogP contribution in [0.4, 0.5) is 0 Å². The van der Waals surface area contributed by atoms with Crippen molar-refractivity contribution in [2.75, 3.05) is 7.11 Å². The third kappa shape index (κ3) is 1.55. The van der Waals surface area contributed by atoms with E-state index in [0.717, 1.165) is 5.69 Å². The van der Waals surface area contributed by atoms with Gasteiger partial charge >= 0.3 is 5.97 Å². The number of rotatable bonds is 3. The normalized spacial score (nSPS) is 9.83. The predicted octanol–water partition coefficient (Wildman–Crippen LogP) is 0.354. The van der Waals surface area contributed by atoms with Crippen molar-refractivity contribution < 1.29 is 14.6 Å². The average Bonchev–Trinajstić information content (AvgIpc) is 2.32. The molecule has 1 aromatic rings. The van der Waals surface area contributed by atoms with E-state index in [1.54, 1.807) is 6.92 Å². The first-order chi connectivity index (χ1) is 5.65. The van der Waals surface area contributed by atoms with E-state index in [1.807, 2.05) is 0 Å². The largest absolute Gasteiger partial charge is 0.481 e. The van der Waals surface area contributed by atoms with Crippen LogP contribution in [-0.4, -0.2) is 28.4 Å². The monoisotopic (exact) mass is 170 g/mol. The molecule has 5 heteroatoms. The molecular formula is C7H10N2O3. The number of nitrogens with one attached hydrogen (secondary N) is 1. The minimum Gasteiger partial charge on any atom is -0.481 e. The lowest BCUT2D eigenvalue weighted by molar-refractivity contribution is -0.136. The second-order valence-corrected chi connectivity index (χ2v) is 2.41. The number of aromatic nitrogens is 2. The van der Waals surface area contributed by atoms with Gasteiger partial charge in [-0.05, 0) is 6.92 Å². The lowest BCUT2D eigenvalue weighted by atomic mass is 10.2. The summed E-state index contributed by atoms with van der Waals surface area (Å²) in [7, 11) is 1.46. The van der Waals surface area contributed by atoms with Crippen molar-refractivity contribution in [2.45, 2.75) is 13.3 Å². The molecule has 1 rings (SSSR count). The van der Waals surface area contributed by atoms with E-state index in [2.05, 4.69) is 10.2 Å². The average molecular weight is 170 g/mol. The lowest BCUT2D eigenvalue weighted by Crippen LogP contribution is -2.02. The first-order valence-electron chi connectivity index (χ1n) is 3.44. The number of carboxylic acids is 1. The number of carbonyl (C=O) groups is 1. The van der Waals surface area contributed by atoms with Crippen molar-refractivity contribution in [1.29, 1.82) is 0 Å². The van der Waals surface area contributed by atoms with Crippen molar-refractivity contribution >= 4 is 5.97 Å². The van der Waals surface area contributed by atoms with Gasteiger partial charge in [-0.25, -0.2) is 0 Å². The zero-order valence-corrected chi connectivity index (χ0v) is 6.92. The molecule has 2 N–H and O–H groups in total. The van der Waals surface area contributed by atoms with E-state index >= 15 is 0 Å². The van der Waals surface area contributed by atoms with Gasteiger partial charge in [0, 0.05) is 11.3 Å². The minimum absolute atomic E-state index is 0.0640. The maximum Gasteiger partial charge on any atom is 0.308 e. The van der Waals surface area contributed by atoms with Gasteiger partial charge in [-0.3, -0.25) is 9.89 Å². The third-order valence-electron chi connectivity index (χ3n) is 1.56. The molecule has 0 spiro atoms. The molecule has 12 heavy (non-hydrogen) atoms. The topological polar surface area (TPSA) is 75.2 Å². The lowest BCUT2D eigenvalue weighted by Gasteiger charge is -1.97. The van der Waals surface area contributed by atoms with E-state index in [9.17, 15) is 4.79 Å². The van der Waals surface area contributed by atoms with Crippen LogP contribution >= 0.6 is 0 Å². The highest BCUT2D eigenvalue weighted by molar-refractivity contribution is 5.71. The zero-order valence-electron chi connectivity index (χ0n) is 6.92. The Morgan fingerprint density at radius 2 is 2.42 bits per heavy atom. The van der Waals surface area contributed by atoms with E-state index < -0.39 is 5.97 Å². The number of nitrogens with zero attached hydrogens (tertiary/aromatic N) is 1. The van der Waals surface area contributed by atoms with Crippen molar-refractivity contribution in [3.63, 3.8) is 0 Å². The fraction of sp³-hybridized carbons (Fsp3) is 0.429. The molecule has 0 saturated carbocycles. The van der Waals surface area contributed by atoms with Crippen LogP contribution in [0.15, 0.2) is 0 Å². The van der Waals surface area contributed by atoms with E-state index in [1.165, 1.54) is 7.11 Å². The Labute approximate surface area is 69.4 Å². The molecule has 0 unspecified atom stereocenters. The summed E-state index contributed by atoms with van der Waals surface area (Å²) in [6.45, 7) is 1.76. The van der Waals surface area contributed by atoms with Crippen LogP contribution in [-0.2, 0) is 11.2 Å². The Morgan fingerprint density at radius 3 is 2.92 bits per heavy atom. The number of aromatic amines is 1. The summed E-state index contributed by atoms with van der Waals surface area (Å²) in [5.74, 6) is -0.535. The maximum absolute atomic E-state index is 10.4. The summed E-state index contributed by atoms with van der Waals surface area (Å²) >= 11 is 0. The molecule has 1 aromatic heterocycles. The van der Waals surface area contributed by atoms with Crippen LogP contribution in [0.3, 0.4) is 0 Å². The third-order valence-corrected chi connectivity index (χ3v) is 1.56. The number of aliphatic carboxylic acids is 1. The van der Waals surface area contributed by atoms with Gasteiger partial charge in [0.1, 0.15) is 0 Å². The summed E-state index contributed by atoms with van der Waals surface area (Å²) in [5.41, 5.74) is 1.33. The van der Waals surface area contributed by atoms with Gasteiger partial charge in [0.15, 0.2) is 0 Å². The summed E-state index contributed by atoms with van der Waals surface area (Å²) in [4.78, 5) is 10.4. The first kappa shape index (κ1) is 8.58. The molecule has 0 bridgehead atoms. The van der Waals surface area contributed by atoms with Gasteiger partial charge in [0.05, 0.1) is 13.5 Å². The van der Waals surface area contributed by atoms with Crippen molar-refractivity contribution in [3.8, 4) is 5.88 Å². The molecule has 0 aliphatic rings. The van der Waals surface area contributed by atoms with Crippen LogP contribution in [0.5, 0.6) is 5.88 Å². The molecule has 0 amide bonds. The SMILES string of the molecule is COc1n[nH]c(C)c1CC(=O)O. The number of methoxy groups -OCH3 is 1. The number of ether oxygens (including phenoxy) is 1. The van der Waals surface area contributed by atoms with Crippen molar-refractivity contribution in [2.24, 2.45) is 0 Å². The standard InChI is InChI=1S/C7H10N2O3/c1-4-5(3-6(10)11)7(12-2)9-8-4/h3H2,1-2H3,(H,8,9)(H,10,11). The van der Waals surface area contributed by atoms with E-state index in [4.69, 9.17) is 9.84 Å². The summed E-state index contributed by atoms with van der Waals surface area (Å²) in [6.07, 6.45) is -0.0640. The van der Waals surface area contributed by atoms with Gasteiger partial charge < -0.3 is 9.84 Å². The second-order valence-electron chi connectivity index (χ2n) is 2.41. The molecule has 1 heterocycles. The number of carboxylic acid groups (broad SMARTS) is 1. The first-order valence-corrected chi connectivity index (χ1v) is 3.44. The zero-order chi connectivity index (χ0) is 9.14. The van der Waals surface area contributed by atoms with Crippen LogP contribution in [0, 0.1) is 6.92 Å². The van der Waals surface area contributed by atoms with Gasteiger partial charge in [-0.15, -0.1) is 5.10 Å². The molecule has 5 nitrogen and oxygen atoms in total. The molecule has 0 radical (unpaired) electrons. The van der Waals surface area contributed by atoms with Crippen LogP contribution < -0.4 is 4.74 Å². The Kier molecular flexibility index (Phi) is 2.32. The Balaban J connectivity index is 2.94. The molecule has 0 aromatic carbocycles. The van der Waals surface area contributed by atoms with E-state index in [-0.39, 0.29) is 6.42 Å². The maximum atomic E-state index is 10.4. The number of aryl methyl sites for hydroxylation is 1. The van der Waals surface area contributed by atoms with Crippen LogP contribution in [0.25, 0.3) is 0 Å². The highest BCUT2D eigenvalue weighted by Crippen LogP contribution is 2.17. The van der Waals surface area contributed by atoms with Crippen LogP contribution in [0.2, 0.25) is 0 Å². The molecule has 0 aliphatic carbocycles. The highest BCUT2D eigenvalue weighted by Gasteiger charge is 2.13. The minimum atomic E-state index is -0.891. The van der Waals surface area contributed by atoms with Gasteiger partial charge in [-0.2, -0.15) is 0 Å². The summed E-state index contributed by atoms with van der Waals surface area (Å²) in [6, 6.07) is 0. The Hall–Kier alpha value is -1.52. The molecule has 0 saturated heterocycles. The van der Waals surface area contributed by atoms with E-state index in [0.29, 0.717) is 11.4 Å². The van der Waals surface area contributed by atoms with Crippen LogP contribution in [0.1, 0.15) is 11.3 Å². The molecular weight excluding hydrogens is 160 g/mol. The number of hydrogen-bond acceptors (Lipinski definition) is 3. The summed E-state index contributed by atoms with van der Waals surface area (Å²) in [5, 5.41) is 15.0. The van der Waals surface area contributed by atoms with Crippen molar-refractivity contribution in [1.82, 2.24) is 10.2 Å². The van der Waals surface area contributed by atoms with Gasteiger partial charge in [0.25, 0.3) is 0 Å². The molecule has 0 atom stereocenters. The Morgan fingerprint density at radius 1 is 1.75 bits per heavy atom. The second kappa shape index (κ2) is 3.25. The number of H-pyrrole nitrogens is 1.